The van der Waals surface area contributed by atoms with E-state index in [2.05, 4.69) is 32.7 Å². The summed E-state index contributed by atoms with van der Waals surface area (Å²) in [6.07, 6.45) is 4.91. The highest BCUT2D eigenvalue weighted by atomic mass is 32.2. The molecule has 1 aliphatic heterocycles. The van der Waals surface area contributed by atoms with E-state index >= 15 is 0 Å². The molecule has 5 rings (SSSR count). The largest absolute Gasteiger partial charge is 0.324 e. The van der Waals surface area contributed by atoms with E-state index in [1.165, 1.54) is 22.3 Å². The zero-order valence-corrected chi connectivity index (χ0v) is 21.1. The van der Waals surface area contributed by atoms with Gasteiger partial charge in [0.15, 0.2) is 9.84 Å². The van der Waals surface area contributed by atoms with Crippen LogP contribution in [0.25, 0.3) is 11.0 Å². The third-order valence-corrected chi connectivity index (χ3v) is 7.82. The predicted octanol–water partition coefficient (Wildman–Crippen LogP) is 3.33. The number of hydrogen-bond donors (Lipinski definition) is 2. The minimum absolute atomic E-state index is 0.0600. The first-order valence-corrected chi connectivity index (χ1v) is 13.9. The van der Waals surface area contributed by atoms with Crippen LogP contribution >= 0.6 is 0 Å². The third-order valence-electron chi connectivity index (χ3n) is 6.63. The topological polar surface area (TPSA) is 130 Å². The highest BCUT2D eigenvalue weighted by Gasteiger charge is 2.18. The molecule has 10 heteroatoms. The molecule has 2 N–H and O–H groups in total. The van der Waals surface area contributed by atoms with Crippen LogP contribution in [0.1, 0.15) is 35.4 Å². The number of nitriles is 1. The van der Waals surface area contributed by atoms with E-state index in [1.807, 2.05) is 18.2 Å². The first-order valence-electron chi connectivity index (χ1n) is 12.0. The summed E-state index contributed by atoms with van der Waals surface area (Å²) in [6.45, 7) is 1.99. The lowest BCUT2D eigenvalue weighted by molar-refractivity contribution is 0.460. The summed E-state index contributed by atoms with van der Waals surface area (Å²) in [5.74, 6) is 0.835. The Balaban J connectivity index is 1.51. The van der Waals surface area contributed by atoms with Gasteiger partial charge in [0.25, 0.3) is 5.56 Å². The number of sulfone groups is 1. The second-order valence-electron chi connectivity index (χ2n) is 9.18. The summed E-state index contributed by atoms with van der Waals surface area (Å²) < 4.78 is 26.0. The van der Waals surface area contributed by atoms with Crippen molar-refractivity contribution in [3.8, 4) is 6.07 Å². The predicted molar refractivity (Wildman–Crippen MR) is 142 cm³/mol. The molecule has 0 saturated carbocycles. The number of hydrogen-bond acceptors (Lipinski definition) is 8. The van der Waals surface area contributed by atoms with Gasteiger partial charge in [0, 0.05) is 23.5 Å². The summed E-state index contributed by atoms with van der Waals surface area (Å²) in [5, 5.41) is 16.6. The van der Waals surface area contributed by atoms with Crippen LogP contribution in [0.3, 0.4) is 0 Å². The van der Waals surface area contributed by atoms with Gasteiger partial charge in [-0.05, 0) is 67.2 Å². The maximum Gasteiger partial charge on any atom is 0.270 e. The minimum atomic E-state index is -3.53. The molecular formula is C27H26N6O3S. The molecule has 2 aromatic heterocycles. The zero-order chi connectivity index (χ0) is 26.0. The number of aromatic nitrogens is 3. The lowest BCUT2D eigenvalue weighted by atomic mass is 9.90. The fourth-order valence-corrected chi connectivity index (χ4v) is 5.67. The number of anilines is 2. The Bertz CT molecular complexity index is 1670. The number of nitrogens with zero attached hydrogens (tertiary/aromatic N) is 4. The molecule has 1 saturated heterocycles. The van der Waals surface area contributed by atoms with Gasteiger partial charge in [0.05, 0.1) is 11.4 Å². The molecule has 9 nitrogen and oxygen atoms in total. The van der Waals surface area contributed by atoms with Gasteiger partial charge in [0.1, 0.15) is 17.3 Å². The van der Waals surface area contributed by atoms with Gasteiger partial charge in [-0.1, -0.05) is 30.3 Å². The Morgan fingerprint density at radius 3 is 2.57 bits per heavy atom. The van der Waals surface area contributed by atoms with Crippen LogP contribution in [-0.4, -0.2) is 42.3 Å². The Kier molecular flexibility index (Phi) is 6.74. The lowest BCUT2D eigenvalue weighted by Gasteiger charge is -2.23. The van der Waals surface area contributed by atoms with Crippen LogP contribution in [0.4, 0.5) is 11.6 Å². The molecule has 0 atom stereocenters. The van der Waals surface area contributed by atoms with E-state index in [9.17, 15) is 18.5 Å². The van der Waals surface area contributed by atoms with Crippen LogP contribution in [-0.2, 0) is 16.4 Å². The van der Waals surface area contributed by atoms with Crippen LogP contribution in [0.5, 0.6) is 0 Å². The Morgan fingerprint density at radius 2 is 1.86 bits per heavy atom. The molecule has 0 aliphatic carbocycles. The van der Waals surface area contributed by atoms with Crippen molar-refractivity contribution < 1.29 is 8.42 Å². The van der Waals surface area contributed by atoms with Gasteiger partial charge in [-0.15, -0.1) is 0 Å². The van der Waals surface area contributed by atoms with Crippen molar-refractivity contribution in [3.05, 3.63) is 87.8 Å². The van der Waals surface area contributed by atoms with Gasteiger partial charge >= 0.3 is 0 Å². The van der Waals surface area contributed by atoms with Crippen molar-refractivity contribution in [2.45, 2.75) is 30.2 Å². The number of nitrogens with one attached hydrogen (secondary N) is 2. The minimum Gasteiger partial charge on any atom is -0.324 e. The van der Waals surface area contributed by atoms with Gasteiger partial charge in [0.2, 0.25) is 5.95 Å². The number of rotatable bonds is 6. The standard InChI is InChI=1S/C27H26N6O3S/c1-37(35,36)24-5-3-2-4-20(24)17-33-25-22(14-21(15-28)26(33)34)16-30-27(32-25)31-23-8-6-18(7-9-23)19-10-12-29-13-11-19/h2-9,14,16,19,29H,10-13,17H2,1H3,(H,30,31,32). The van der Waals surface area contributed by atoms with Gasteiger partial charge in [-0.2, -0.15) is 10.2 Å². The fourth-order valence-electron chi connectivity index (χ4n) is 4.74. The molecular weight excluding hydrogens is 488 g/mol. The van der Waals surface area contributed by atoms with Crippen molar-refractivity contribution in [1.82, 2.24) is 19.9 Å². The van der Waals surface area contributed by atoms with E-state index in [-0.39, 0.29) is 23.0 Å². The monoisotopic (exact) mass is 514 g/mol. The molecule has 3 heterocycles. The average molecular weight is 515 g/mol. The molecule has 0 spiro atoms. The van der Waals surface area contributed by atoms with E-state index in [0.717, 1.165) is 37.9 Å². The maximum atomic E-state index is 13.1. The first kappa shape index (κ1) is 24.6. The van der Waals surface area contributed by atoms with Crippen molar-refractivity contribution in [2.75, 3.05) is 24.7 Å². The number of pyridine rings is 1. The normalized spacial score (nSPS) is 14.4. The van der Waals surface area contributed by atoms with E-state index in [1.54, 1.807) is 24.4 Å². The molecule has 0 unspecified atom stereocenters. The summed E-state index contributed by atoms with van der Waals surface area (Å²) in [7, 11) is -3.53. The van der Waals surface area contributed by atoms with Gasteiger partial charge in [-0.25, -0.2) is 13.4 Å². The number of fused-ring (bicyclic) bond motifs is 1. The lowest BCUT2D eigenvalue weighted by Crippen LogP contribution is -2.26. The smallest absolute Gasteiger partial charge is 0.270 e. The fraction of sp³-hybridized carbons (Fsp3) is 0.259. The second kappa shape index (κ2) is 10.1. The van der Waals surface area contributed by atoms with Crippen molar-refractivity contribution in [1.29, 1.82) is 5.26 Å². The highest BCUT2D eigenvalue weighted by Crippen LogP contribution is 2.27. The molecule has 0 bridgehead atoms. The number of benzene rings is 2. The third kappa shape index (κ3) is 5.23. The Labute approximate surface area is 214 Å². The van der Waals surface area contributed by atoms with Crippen molar-refractivity contribution in [2.24, 2.45) is 0 Å². The van der Waals surface area contributed by atoms with E-state index < -0.39 is 15.4 Å². The summed E-state index contributed by atoms with van der Waals surface area (Å²) in [5.41, 5.74) is 2.23. The second-order valence-corrected chi connectivity index (χ2v) is 11.2. The van der Waals surface area contributed by atoms with E-state index in [4.69, 9.17) is 0 Å². The zero-order valence-electron chi connectivity index (χ0n) is 20.3. The maximum absolute atomic E-state index is 13.1. The molecule has 1 aliphatic rings. The number of piperidine rings is 1. The Morgan fingerprint density at radius 1 is 1.14 bits per heavy atom. The summed E-state index contributed by atoms with van der Waals surface area (Å²) in [4.78, 5) is 22.2. The van der Waals surface area contributed by atoms with Gasteiger partial charge < -0.3 is 10.6 Å². The SMILES string of the molecule is CS(=O)(=O)c1ccccc1Cn1c(=O)c(C#N)cc2cnc(Nc3ccc(C4CCNCC4)cc3)nc21. The quantitative estimate of drug-likeness (QED) is 0.401. The molecule has 4 aromatic rings. The van der Waals surface area contributed by atoms with Crippen LogP contribution in [0, 0.1) is 11.3 Å². The van der Waals surface area contributed by atoms with Gasteiger partial charge in [-0.3, -0.25) is 9.36 Å². The summed E-state index contributed by atoms with van der Waals surface area (Å²) >= 11 is 0. The van der Waals surface area contributed by atoms with Crippen molar-refractivity contribution >= 4 is 32.5 Å². The molecule has 188 valence electrons. The van der Waals surface area contributed by atoms with Crippen LogP contribution < -0.4 is 16.2 Å². The Hall–Kier alpha value is -4.07. The highest BCUT2D eigenvalue weighted by molar-refractivity contribution is 7.90. The molecule has 0 radical (unpaired) electrons. The average Bonchev–Trinajstić information content (AvgIpc) is 2.91. The summed E-state index contributed by atoms with van der Waals surface area (Å²) in [6, 6.07) is 18.1. The van der Waals surface area contributed by atoms with Crippen LogP contribution in [0.15, 0.2) is 70.5 Å². The molecule has 37 heavy (non-hydrogen) atoms. The van der Waals surface area contributed by atoms with Crippen LogP contribution in [0.2, 0.25) is 0 Å². The molecule has 0 amide bonds. The molecule has 1 fully saturated rings. The van der Waals surface area contributed by atoms with E-state index in [0.29, 0.717) is 22.5 Å². The first-order chi connectivity index (χ1) is 17.8. The van der Waals surface area contributed by atoms with Crippen molar-refractivity contribution in [3.63, 3.8) is 0 Å². The molecule has 2 aromatic carbocycles.